The molecule has 2 aromatic rings. The van der Waals surface area contributed by atoms with Crippen molar-refractivity contribution in [2.24, 2.45) is 0 Å². The molecule has 1 N–H and O–H groups in total. The number of amides is 1. The van der Waals surface area contributed by atoms with Crippen molar-refractivity contribution in [2.45, 2.75) is 46.8 Å². The van der Waals surface area contributed by atoms with Gasteiger partial charge in [0.2, 0.25) is 0 Å². The molecule has 2 aromatic carbocycles. The van der Waals surface area contributed by atoms with Crippen LogP contribution in [0.1, 0.15) is 30.5 Å². The normalized spacial score (nSPS) is 13.0. The Morgan fingerprint density at radius 1 is 1.00 bits per heavy atom. The SMILES string of the molecule is Cc1ccc(O[C@@H](C)C(=O)N[C@@H](C)COc2ccccc2C)c(C)c1. The molecule has 0 saturated carbocycles. The first-order chi connectivity index (χ1) is 11.9. The summed E-state index contributed by atoms with van der Waals surface area (Å²) in [5.41, 5.74) is 3.27. The number of carbonyl (C=O) groups excluding carboxylic acids is 1. The molecule has 134 valence electrons. The molecular weight excluding hydrogens is 314 g/mol. The van der Waals surface area contributed by atoms with Crippen LogP contribution in [0, 0.1) is 20.8 Å². The van der Waals surface area contributed by atoms with Gasteiger partial charge in [0.15, 0.2) is 6.10 Å². The minimum atomic E-state index is -0.567. The van der Waals surface area contributed by atoms with Crippen LogP contribution in [0.5, 0.6) is 11.5 Å². The predicted octanol–water partition coefficient (Wildman–Crippen LogP) is 3.96. The van der Waals surface area contributed by atoms with Crippen molar-refractivity contribution in [2.75, 3.05) is 6.61 Å². The molecule has 0 spiro atoms. The Labute approximate surface area is 150 Å². The van der Waals surface area contributed by atoms with E-state index in [1.165, 1.54) is 5.56 Å². The molecule has 2 atom stereocenters. The van der Waals surface area contributed by atoms with E-state index in [2.05, 4.69) is 5.32 Å². The van der Waals surface area contributed by atoms with Gasteiger partial charge in [0.25, 0.3) is 5.91 Å². The quantitative estimate of drug-likeness (QED) is 0.829. The van der Waals surface area contributed by atoms with E-state index in [4.69, 9.17) is 9.47 Å². The van der Waals surface area contributed by atoms with Crippen molar-refractivity contribution in [1.82, 2.24) is 5.32 Å². The van der Waals surface area contributed by atoms with Crippen LogP contribution in [0.25, 0.3) is 0 Å². The summed E-state index contributed by atoms with van der Waals surface area (Å²) in [6.45, 7) is 10.1. The van der Waals surface area contributed by atoms with Gasteiger partial charge in [0.1, 0.15) is 18.1 Å². The summed E-state index contributed by atoms with van der Waals surface area (Å²) in [6.07, 6.45) is -0.567. The summed E-state index contributed by atoms with van der Waals surface area (Å²) in [6, 6.07) is 13.6. The van der Waals surface area contributed by atoms with Gasteiger partial charge in [-0.2, -0.15) is 0 Å². The molecule has 0 bridgehead atoms. The first kappa shape index (κ1) is 18.8. The molecule has 0 aliphatic carbocycles. The van der Waals surface area contributed by atoms with Gasteiger partial charge >= 0.3 is 0 Å². The lowest BCUT2D eigenvalue weighted by molar-refractivity contribution is -0.128. The number of nitrogens with one attached hydrogen (secondary N) is 1. The second-order valence-electron chi connectivity index (χ2n) is 6.52. The minimum Gasteiger partial charge on any atom is -0.491 e. The second-order valence-corrected chi connectivity index (χ2v) is 6.52. The monoisotopic (exact) mass is 341 g/mol. The highest BCUT2D eigenvalue weighted by Crippen LogP contribution is 2.20. The summed E-state index contributed by atoms with van der Waals surface area (Å²) in [4.78, 5) is 12.3. The zero-order valence-electron chi connectivity index (χ0n) is 15.6. The highest BCUT2D eigenvalue weighted by molar-refractivity contribution is 5.81. The van der Waals surface area contributed by atoms with Crippen molar-refractivity contribution in [3.63, 3.8) is 0 Å². The molecule has 0 heterocycles. The molecule has 0 aliphatic rings. The highest BCUT2D eigenvalue weighted by Gasteiger charge is 2.18. The Morgan fingerprint density at radius 3 is 2.40 bits per heavy atom. The molecule has 0 radical (unpaired) electrons. The van der Waals surface area contributed by atoms with Crippen LogP contribution in [-0.2, 0) is 4.79 Å². The van der Waals surface area contributed by atoms with Crippen molar-refractivity contribution >= 4 is 5.91 Å². The average molecular weight is 341 g/mol. The molecule has 25 heavy (non-hydrogen) atoms. The maximum Gasteiger partial charge on any atom is 0.261 e. The third kappa shape index (κ3) is 5.52. The van der Waals surface area contributed by atoms with E-state index in [0.29, 0.717) is 6.61 Å². The number of ether oxygens (including phenoxy) is 2. The van der Waals surface area contributed by atoms with E-state index in [0.717, 1.165) is 22.6 Å². The van der Waals surface area contributed by atoms with Gasteiger partial charge in [-0.15, -0.1) is 0 Å². The largest absolute Gasteiger partial charge is 0.491 e. The van der Waals surface area contributed by atoms with Crippen molar-refractivity contribution in [1.29, 1.82) is 0 Å². The Morgan fingerprint density at radius 2 is 1.72 bits per heavy atom. The number of aryl methyl sites for hydroxylation is 3. The van der Waals surface area contributed by atoms with E-state index >= 15 is 0 Å². The zero-order valence-corrected chi connectivity index (χ0v) is 15.6. The molecule has 0 saturated heterocycles. The molecular formula is C21H27NO3. The number of hydrogen-bond donors (Lipinski definition) is 1. The number of para-hydroxylation sites is 1. The third-order valence-electron chi connectivity index (χ3n) is 3.97. The summed E-state index contributed by atoms with van der Waals surface area (Å²) in [5.74, 6) is 1.42. The van der Waals surface area contributed by atoms with Crippen LogP contribution in [0.3, 0.4) is 0 Å². The first-order valence-electron chi connectivity index (χ1n) is 8.59. The fourth-order valence-electron chi connectivity index (χ4n) is 2.51. The molecule has 4 heteroatoms. The Kier molecular flexibility index (Phi) is 6.45. The number of rotatable bonds is 7. The highest BCUT2D eigenvalue weighted by atomic mass is 16.5. The summed E-state index contributed by atoms with van der Waals surface area (Å²) in [7, 11) is 0. The van der Waals surface area contributed by atoms with Gasteiger partial charge in [-0.1, -0.05) is 35.9 Å². The lowest BCUT2D eigenvalue weighted by atomic mass is 10.1. The number of carbonyl (C=O) groups is 1. The Balaban J connectivity index is 1.84. The van der Waals surface area contributed by atoms with E-state index in [1.54, 1.807) is 6.92 Å². The van der Waals surface area contributed by atoms with Gasteiger partial charge in [0, 0.05) is 0 Å². The van der Waals surface area contributed by atoms with Gasteiger partial charge < -0.3 is 14.8 Å². The first-order valence-corrected chi connectivity index (χ1v) is 8.59. The smallest absolute Gasteiger partial charge is 0.261 e. The van der Waals surface area contributed by atoms with Crippen molar-refractivity contribution in [3.8, 4) is 11.5 Å². The van der Waals surface area contributed by atoms with Crippen LogP contribution in [0.4, 0.5) is 0 Å². The molecule has 0 aliphatic heterocycles. The van der Waals surface area contributed by atoms with Crippen LogP contribution in [-0.4, -0.2) is 24.7 Å². The number of benzene rings is 2. The van der Waals surface area contributed by atoms with Crippen LogP contribution in [0.15, 0.2) is 42.5 Å². The summed E-state index contributed by atoms with van der Waals surface area (Å²) >= 11 is 0. The molecule has 4 nitrogen and oxygen atoms in total. The third-order valence-corrected chi connectivity index (χ3v) is 3.97. The maximum absolute atomic E-state index is 12.3. The van der Waals surface area contributed by atoms with E-state index in [9.17, 15) is 4.79 Å². The van der Waals surface area contributed by atoms with Gasteiger partial charge in [-0.05, 0) is 57.9 Å². The predicted molar refractivity (Wildman–Crippen MR) is 100 cm³/mol. The van der Waals surface area contributed by atoms with E-state index < -0.39 is 6.10 Å². The van der Waals surface area contributed by atoms with Crippen LogP contribution in [0.2, 0.25) is 0 Å². The van der Waals surface area contributed by atoms with E-state index in [-0.39, 0.29) is 11.9 Å². The lowest BCUT2D eigenvalue weighted by Gasteiger charge is -2.20. The van der Waals surface area contributed by atoms with Gasteiger partial charge in [0.05, 0.1) is 6.04 Å². The fraction of sp³-hybridized carbons (Fsp3) is 0.381. The van der Waals surface area contributed by atoms with E-state index in [1.807, 2.05) is 70.2 Å². The maximum atomic E-state index is 12.3. The zero-order chi connectivity index (χ0) is 18.4. The Bertz CT molecular complexity index is 727. The molecule has 0 unspecified atom stereocenters. The molecule has 2 rings (SSSR count). The summed E-state index contributed by atoms with van der Waals surface area (Å²) in [5, 5.41) is 2.93. The minimum absolute atomic E-state index is 0.114. The number of hydrogen-bond acceptors (Lipinski definition) is 3. The second kappa shape index (κ2) is 8.56. The summed E-state index contributed by atoms with van der Waals surface area (Å²) < 4.78 is 11.6. The van der Waals surface area contributed by atoms with Crippen LogP contribution >= 0.6 is 0 Å². The topological polar surface area (TPSA) is 47.6 Å². The average Bonchev–Trinajstić information content (AvgIpc) is 2.56. The lowest BCUT2D eigenvalue weighted by Crippen LogP contribution is -2.43. The Hall–Kier alpha value is -2.49. The van der Waals surface area contributed by atoms with Gasteiger partial charge in [-0.3, -0.25) is 4.79 Å². The van der Waals surface area contributed by atoms with Gasteiger partial charge in [-0.25, -0.2) is 0 Å². The van der Waals surface area contributed by atoms with Crippen molar-refractivity contribution < 1.29 is 14.3 Å². The fourth-order valence-corrected chi connectivity index (χ4v) is 2.51. The van der Waals surface area contributed by atoms with Crippen molar-refractivity contribution in [3.05, 3.63) is 59.2 Å². The standard InChI is InChI=1S/C21H27NO3/c1-14-10-11-20(16(3)12-14)25-18(5)21(23)22-17(4)13-24-19-9-7-6-8-15(19)2/h6-12,17-18H,13H2,1-5H3,(H,22,23)/t17-,18-/m0/s1. The molecule has 0 aromatic heterocycles. The molecule has 1 amide bonds. The van der Waals surface area contributed by atoms with Crippen LogP contribution < -0.4 is 14.8 Å². The molecule has 0 fully saturated rings.